The number of nitrogens with one attached hydrogen (secondary N) is 4. The summed E-state index contributed by atoms with van der Waals surface area (Å²) in [6.07, 6.45) is 0.0616. The number of nitrogen functional groups attached to an aromatic ring is 1. The van der Waals surface area contributed by atoms with Crippen molar-refractivity contribution in [3.05, 3.63) is 69.9 Å². The first kappa shape index (κ1) is 55.0. The van der Waals surface area contributed by atoms with Gasteiger partial charge < -0.3 is 73.1 Å². The molecule has 25 nitrogen and oxygen atoms in total. The van der Waals surface area contributed by atoms with Gasteiger partial charge in [-0.3, -0.25) is 19.2 Å². The molecule has 6 rings (SSSR count). The monoisotopic (exact) mass is 1040 g/mol. The number of hydrogen-bond donors (Lipinski definition) is 13. The quantitative estimate of drug-likeness (QED) is 0.0575. The molecule has 17 N–H and O–H groups in total. The highest BCUT2D eigenvalue weighted by Crippen LogP contribution is 2.49. The average molecular weight is 1040 g/mol. The van der Waals surface area contributed by atoms with E-state index in [-0.39, 0.29) is 88.3 Å². The van der Waals surface area contributed by atoms with Gasteiger partial charge in [0.25, 0.3) is 16.1 Å². The Morgan fingerprint density at radius 3 is 2.34 bits per heavy atom. The second kappa shape index (κ2) is 22.2. The highest BCUT2D eigenvalue weighted by atomic mass is 32.2. The number of nitrogens with zero attached hydrogens (tertiary/aromatic N) is 3. The van der Waals surface area contributed by atoms with Crippen LogP contribution in [0.5, 0.6) is 28.7 Å². The van der Waals surface area contributed by atoms with Gasteiger partial charge in [0.05, 0.1) is 12.3 Å². The maximum absolute atomic E-state index is 14.9. The van der Waals surface area contributed by atoms with Gasteiger partial charge in [-0.05, 0) is 97.7 Å². The molecule has 4 bridgehead atoms. The number of nitrogens with two attached hydrogens (primary N) is 4. The Balaban J connectivity index is 1.47. The summed E-state index contributed by atoms with van der Waals surface area (Å²) in [6.45, 7) is 5.22. The molecule has 0 spiro atoms. The summed E-state index contributed by atoms with van der Waals surface area (Å²) < 4.78 is 38.5. The van der Waals surface area contributed by atoms with Crippen LogP contribution in [0.15, 0.2) is 36.4 Å². The molecule has 1 aromatic heterocycles. The number of hydrogen-bond acceptors (Lipinski definition) is 18. The third-order valence-corrected chi connectivity index (χ3v) is 13.2. The van der Waals surface area contributed by atoms with Crippen molar-refractivity contribution in [1.29, 1.82) is 0 Å². The first-order valence-electron chi connectivity index (χ1n) is 23.0. The summed E-state index contributed by atoms with van der Waals surface area (Å²) in [6, 6.07) is 1.73. The molecule has 0 fully saturated rings. The molecule has 26 heteroatoms. The molecule has 0 saturated heterocycles. The molecule has 4 aromatic rings. The van der Waals surface area contributed by atoms with Crippen molar-refractivity contribution in [3.63, 3.8) is 0 Å². The fourth-order valence-corrected chi connectivity index (χ4v) is 9.04. The van der Waals surface area contributed by atoms with E-state index >= 15 is 0 Å². The van der Waals surface area contributed by atoms with Crippen LogP contribution in [-0.4, -0.2) is 143 Å². The highest BCUT2D eigenvalue weighted by Gasteiger charge is 2.39. The van der Waals surface area contributed by atoms with Crippen LogP contribution in [0.4, 0.5) is 5.82 Å². The number of fused-ring (bicyclic) bond motifs is 6. The molecule has 5 atom stereocenters. The van der Waals surface area contributed by atoms with E-state index in [1.807, 2.05) is 18.6 Å². The van der Waals surface area contributed by atoms with E-state index in [1.165, 1.54) is 44.2 Å². The average Bonchev–Trinajstić information content (AvgIpc) is 3.62. The lowest BCUT2D eigenvalue weighted by atomic mass is 9.86. The number of anilines is 1. The molecule has 0 saturated carbocycles. The van der Waals surface area contributed by atoms with E-state index in [0.717, 1.165) is 17.5 Å². The Morgan fingerprint density at radius 1 is 0.986 bits per heavy atom. The predicted molar refractivity (Wildman–Crippen MR) is 263 cm³/mol. The molecule has 1 aliphatic heterocycles. The van der Waals surface area contributed by atoms with Crippen molar-refractivity contribution in [1.82, 2.24) is 35.5 Å². The van der Waals surface area contributed by atoms with E-state index in [0.29, 0.717) is 30.4 Å². The fraction of sp³-hybridized carbons (Fsp3) is 0.426. The summed E-state index contributed by atoms with van der Waals surface area (Å²) in [5, 5.41) is 67.4. The van der Waals surface area contributed by atoms with Crippen molar-refractivity contribution in [2.45, 2.75) is 89.1 Å². The number of phenolic OH excluding ortho intramolecular Hbond substituents is 3. The largest absolute Gasteiger partial charge is 0.507 e. The van der Waals surface area contributed by atoms with Crippen LogP contribution in [0.3, 0.4) is 0 Å². The Kier molecular flexibility index (Phi) is 16.7. The Morgan fingerprint density at radius 2 is 1.70 bits per heavy atom. The first-order chi connectivity index (χ1) is 34.3. The molecule has 3 aromatic carbocycles. The zero-order valence-corrected chi connectivity index (χ0v) is 41.5. The standard InChI is InChI=1S/C47H61N11O14S/c1-21-35(40(50)57-41(53-21)36-32(60)17-29-26(39(36)62)9-10-47(29,3)4)43(64)56-31(19-52-73(51,69)70)45(66)58(5)37-24-15-28(38(61)34(16-24)72-20-25(59)18-49)27-13-23(7-8-33(27)71-12-6-11-48)14-30(46(67)68)55-42(63)22(2)54-44(37)65/h7-8,13,15-17,22,25,30-31,37,52,59-62H,6,9-12,14,18-20,48-49H2,1-5H3,(H,54,65)(H,55,63)(H,56,64)(H,67,68)(H2,50,53,57)(H2,51,69,70)/t22-,25+,30-,31-,37-/m0/s1. The number of carboxylic acid groups (broad SMARTS) is 1. The van der Waals surface area contributed by atoms with Gasteiger partial charge in [-0.2, -0.15) is 13.1 Å². The molecule has 0 radical (unpaired) electrons. The van der Waals surface area contributed by atoms with Crippen LogP contribution in [0.1, 0.15) is 78.0 Å². The van der Waals surface area contributed by atoms with Crippen molar-refractivity contribution in [3.8, 4) is 51.3 Å². The van der Waals surface area contributed by atoms with Gasteiger partial charge in [0.2, 0.25) is 17.7 Å². The fourth-order valence-electron chi connectivity index (χ4n) is 8.64. The topological polar surface area (TPSA) is 420 Å². The number of rotatable bonds is 17. The Hall–Kier alpha value is -7.36. The third kappa shape index (κ3) is 12.3. The number of benzene rings is 3. The zero-order chi connectivity index (χ0) is 53.9. The van der Waals surface area contributed by atoms with Gasteiger partial charge in [0.1, 0.15) is 71.1 Å². The van der Waals surface area contributed by atoms with Crippen LogP contribution >= 0.6 is 0 Å². The molecular formula is C47H61N11O14S. The second-order valence-corrected chi connectivity index (χ2v) is 19.8. The normalized spacial score (nSPS) is 18.3. The number of aromatic nitrogens is 2. The van der Waals surface area contributed by atoms with Crippen molar-refractivity contribution >= 4 is 45.6 Å². The summed E-state index contributed by atoms with van der Waals surface area (Å²) in [4.78, 5) is 79.3. The number of carbonyl (C=O) groups is 5. The lowest BCUT2D eigenvalue weighted by Crippen LogP contribution is -2.57. The Labute approximate surface area is 419 Å². The number of aliphatic hydroxyl groups excluding tert-OH is 1. The smallest absolute Gasteiger partial charge is 0.326 e. The second-order valence-electron chi connectivity index (χ2n) is 18.5. The molecule has 1 aliphatic carbocycles. The minimum Gasteiger partial charge on any atom is -0.507 e. The highest BCUT2D eigenvalue weighted by molar-refractivity contribution is 7.87. The number of aliphatic hydroxyl groups is 1. The molecule has 2 heterocycles. The molecular weight excluding hydrogens is 975 g/mol. The van der Waals surface area contributed by atoms with E-state index in [4.69, 9.17) is 31.8 Å². The summed E-state index contributed by atoms with van der Waals surface area (Å²) >= 11 is 0. The Bertz CT molecular complexity index is 2910. The number of ether oxygens (including phenoxy) is 2. The van der Waals surface area contributed by atoms with Crippen LogP contribution in [-0.2, 0) is 47.6 Å². The number of aromatic hydroxyl groups is 3. The van der Waals surface area contributed by atoms with E-state index in [9.17, 15) is 57.9 Å². The van der Waals surface area contributed by atoms with E-state index in [2.05, 4.69) is 25.9 Å². The number of phenols is 3. The van der Waals surface area contributed by atoms with Crippen molar-refractivity contribution in [2.75, 3.05) is 45.6 Å². The molecule has 4 amide bonds. The predicted octanol–water partition coefficient (Wildman–Crippen LogP) is -0.811. The van der Waals surface area contributed by atoms with E-state index in [1.54, 1.807) is 6.07 Å². The number of carbonyl (C=O) groups excluding carboxylic acids is 4. The zero-order valence-electron chi connectivity index (χ0n) is 40.7. The van der Waals surface area contributed by atoms with Crippen LogP contribution in [0, 0.1) is 6.92 Å². The number of amides is 4. The van der Waals surface area contributed by atoms with Gasteiger partial charge in [-0.1, -0.05) is 19.9 Å². The van der Waals surface area contributed by atoms with Crippen LogP contribution in [0.25, 0.3) is 22.5 Å². The molecule has 394 valence electrons. The van der Waals surface area contributed by atoms with Gasteiger partial charge >= 0.3 is 5.97 Å². The summed E-state index contributed by atoms with van der Waals surface area (Å²) in [7, 11) is -3.47. The number of aryl methyl sites for hydroxylation is 1. The van der Waals surface area contributed by atoms with E-state index < -0.39 is 100 Å². The summed E-state index contributed by atoms with van der Waals surface area (Å²) in [5.74, 6) is -7.80. The third-order valence-electron chi connectivity index (χ3n) is 12.6. The lowest BCUT2D eigenvalue weighted by molar-refractivity contribution is -0.143. The first-order valence-corrected chi connectivity index (χ1v) is 24.6. The maximum Gasteiger partial charge on any atom is 0.326 e. The lowest BCUT2D eigenvalue weighted by Gasteiger charge is -2.33. The van der Waals surface area contributed by atoms with Crippen molar-refractivity contribution in [2.24, 2.45) is 16.6 Å². The minimum atomic E-state index is -4.58. The van der Waals surface area contributed by atoms with Gasteiger partial charge in [-0.15, -0.1) is 0 Å². The molecule has 2 aliphatic rings. The minimum absolute atomic E-state index is 0.0838. The number of carboxylic acids is 1. The van der Waals surface area contributed by atoms with Crippen LogP contribution < -0.4 is 52.5 Å². The van der Waals surface area contributed by atoms with Crippen molar-refractivity contribution < 1.29 is 67.4 Å². The number of aliphatic carboxylic acids is 1. The number of likely N-dealkylation sites (N-methyl/N-ethyl adjacent to an activating group) is 1. The summed E-state index contributed by atoms with van der Waals surface area (Å²) in [5.41, 5.74) is 18.3. The van der Waals surface area contributed by atoms with Gasteiger partial charge in [-0.25, -0.2) is 19.9 Å². The SMILES string of the molecule is Cc1nc(-c2c(O)cc3c(c2O)CCC3(C)C)nc(N)c1C(=O)N[C@@H](CNS(N)(=O)=O)C(=O)N(C)[C@@H]1C(=O)N[C@@H](C)C(=O)N[C@H](C(=O)O)Cc2ccc(OCCCN)c(c2)-c2cc1cc(OC[C@H](O)CN)c2O. The van der Waals surface area contributed by atoms with Gasteiger partial charge in [0, 0.05) is 37.7 Å². The maximum atomic E-state index is 14.9. The molecule has 73 heavy (non-hydrogen) atoms. The van der Waals surface area contributed by atoms with Crippen LogP contribution in [0.2, 0.25) is 0 Å². The molecule has 0 unspecified atom stereocenters. The van der Waals surface area contributed by atoms with Gasteiger partial charge in [0.15, 0.2) is 17.3 Å².